The summed E-state index contributed by atoms with van der Waals surface area (Å²) in [6.45, 7) is 5.00. The van der Waals surface area contributed by atoms with Gasteiger partial charge < -0.3 is 9.15 Å². The second kappa shape index (κ2) is 6.06. The average molecular weight is 264 g/mol. The van der Waals surface area contributed by atoms with Crippen molar-refractivity contribution in [3.63, 3.8) is 0 Å². The first kappa shape index (κ1) is 13.1. The van der Waals surface area contributed by atoms with Gasteiger partial charge in [0.2, 0.25) is 0 Å². The molecule has 106 valence electrons. The van der Waals surface area contributed by atoms with Gasteiger partial charge in [0.25, 0.3) is 0 Å². The minimum absolute atomic E-state index is 0.482. The number of likely N-dealkylation sites (tertiary alicyclic amines) is 1. The summed E-state index contributed by atoms with van der Waals surface area (Å²) in [7, 11) is 0. The molecule has 4 heteroatoms. The van der Waals surface area contributed by atoms with Gasteiger partial charge in [-0.25, -0.2) is 4.98 Å². The van der Waals surface area contributed by atoms with E-state index in [2.05, 4.69) is 9.88 Å². The van der Waals surface area contributed by atoms with E-state index in [4.69, 9.17) is 9.15 Å². The van der Waals surface area contributed by atoms with Crippen molar-refractivity contribution in [2.24, 2.45) is 0 Å². The standard InChI is InChI=1S/C15H24N2O2/c1-12-16-10-15(18-12)11-17-8-6-14(7-9-17)19-13-4-2-3-5-13/h10,13-14H,2-9,11H2,1H3. The van der Waals surface area contributed by atoms with E-state index in [1.54, 1.807) is 0 Å². The minimum atomic E-state index is 0.482. The summed E-state index contributed by atoms with van der Waals surface area (Å²) in [5.41, 5.74) is 0. The van der Waals surface area contributed by atoms with E-state index >= 15 is 0 Å². The van der Waals surface area contributed by atoms with Crippen LogP contribution < -0.4 is 0 Å². The predicted octanol–water partition coefficient (Wildman–Crippen LogP) is 2.91. The molecule has 1 aliphatic heterocycles. The van der Waals surface area contributed by atoms with Crippen molar-refractivity contribution >= 4 is 0 Å². The molecule has 2 heterocycles. The first-order chi connectivity index (χ1) is 9.29. The number of aryl methyl sites for hydroxylation is 1. The summed E-state index contributed by atoms with van der Waals surface area (Å²) in [6.07, 6.45) is 10.4. The zero-order chi connectivity index (χ0) is 13.1. The van der Waals surface area contributed by atoms with E-state index in [0.717, 1.165) is 44.1 Å². The molecule has 2 fully saturated rings. The van der Waals surface area contributed by atoms with Crippen molar-refractivity contribution in [3.05, 3.63) is 17.8 Å². The van der Waals surface area contributed by atoms with Gasteiger partial charge in [0.05, 0.1) is 24.9 Å². The van der Waals surface area contributed by atoms with Gasteiger partial charge in [-0.2, -0.15) is 0 Å². The second-order valence-corrected chi connectivity index (χ2v) is 5.86. The van der Waals surface area contributed by atoms with Crippen LogP contribution in [0.25, 0.3) is 0 Å². The number of piperidine rings is 1. The fourth-order valence-electron chi connectivity index (χ4n) is 3.20. The molecule has 19 heavy (non-hydrogen) atoms. The summed E-state index contributed by atoms with van der Waals surface area (Å²) >= 11 is 0. The van der Waals surface area contributed by atoms with Crippen molar-refractivity contribution in [1.82, 2.24) is 9.88 Å². The zero-order valence-electron chi connectivity index (χ0n) is 11.8. The molecule has 1 aliphatic carbocycles. The Kier molecular flexibility index (Phi) is 4.18. The van der Waals surface area contributed by atoms with Crippen LogP contribution in [0, 0.1) is 6.92 Å². The average Bonchev–Trinajstić information content (AvgIpc) is 3.04. The monoisotopic (exact) mass is 264 g/mol. The smallest absolute Gasteiger partial charge is 0.191 e. The molecule has 1 saturated heterocycles. The number of nitrogens with zero attached hydrogens (tertiary/aromatic N) is 2. The Balaban J connectivity index is 1.41. The van der Waals surface area contributed by atoms with Crippen molar-refractivity contribution in [3.8, 4) is 0 Å². The van der Waals surface area contributed by atoms with Crippen LogP contribution in [0.4, 0.5) is 0 Å². The highest BCUT2D eigenvalue weighted by Gasteiger charge is 2.25. The van der Waals surface area contributed by atoms with Crippen LogP contribution in [-0.2, 0) is 11.3 Å². The fourth-order valence-corrected chi connectivity index (χ4v) is 3.20. The molecule has 0 atom stereocenters. The maximum absolute atomic E-state index is 6.19. The molecule has 2 aliphatic rings. The molecule has 1 aromatic rings. The predicted molar refractivity (Wildman–Crippen MR) is 72.9 cm³/mol. The van der Waals surface area contributed by atoms with Gasteiger partial charge in [0.1, 0.15) is 5.76 Å². The van der Waals surface area contributed by atoms with Crippen LogP contribution in [0.1, 0.15) is 50.2 Å². The fraction of sp³-hybridized carbons (Fsp3) is 0.800. The maximum Gasteiger partial charge on any atom is 0.191 e. The van der Waals surface area contributed by atoms with Crippen molar-refractivity contribution in [2.45, 2.75) is 64.2 Å². The van der Waals surface area contributed by atoms with Gasteiger partial charge in [-0.05, 0) is 25.7 Å². The normalized spacial score (nSPS) is 23.2. The zero-order valence-corrected chi connectivity index (χ0v) is 11.8. The summed E-state index contributed by atoms with van der Waals surface area (Å²) in [6, 6.07) is 0. The van der Waals surface area contributed by atoms with Crippen LogP contribution in [0.15, 0.2) is 10.6 Å². The van der Waals surface area contributed by atoms with Gasteiger partial charge in [-0.3, -0.25) is 4.90 Å². The lowest BCUT2D eigenvalue weighted by Gasteiger charge is -2.32. The second-order valence-electron chi connectivity index (χ2n) is 5.86. The Labute approximate surface area is 115 Å². The molecule has 0 amide bonds. The van der Waals surface area contributed by atoms with Gasteiger partial charge >= 0.3 is 0 Å². The molecule has 0 unspecified atom stereocenters. The molecule has 0 spiro atoms. The molecule has 0 aromatic carbocycles. The molecule has 4 nitrogen and oxygen atoms in total. The van der Waals surface area contributed by atoms with Gasteiger partial charge in [0.15, 0.2) is 5.89 Å². The number of rotatable bonds is 4. The molecule has 1 saturated carbocycles. The van der Waals surface area contributed by atoms with Crippen LogP contribution in [0.3, 0.4) is 0 Å². The molecule has 0 bridgehead atoms. The SMILES string of the molecule is Cc1ncc(CN2CCC(OC3CCCC3)CC2)o1. The summed E-state index contributed by atoms with van der Waals surface area (Å²) in [4.78, 5) is 6.59. The van der Waals surface area contributed by atoms with Crippen LogP contribution >= 0.6 is 0 Å². The van der Waals surface area contributed by atoms with Gasteiger partial charge in [-0.15, -0.1) is 0 Å². The van der Waals surface area contributed by atoms with Crippen molar-refractivity contribution < 1.29 is 9.15 Å². The van der Waals surface area contributed by atoms with Crippen LogP contribution in [0.2, 0.25) is 0 Å². The lowest BCUT2D eigenvalue weighted by Crippen LogP contribution is -2.37. The first-order valence-corrected chi connectivity index (χ1v) is 7.59. The summed E-state index contributed by atoms with van der Waals surface area (Å²) in [5, 5.41) is 0. The molecule has 0 N–H and O–H groups in total. The number of ether oxygens (including phenoxy) is 1. The third-order valence-corrected chi connectivity index (χ3v) is 4.27. The highest BCUT2D eigenvalue weighted by Crippen LogP contribution is 2.25. The van der Waals surface area contributed by atoms with E-state index in [1.165, 1.54) is 25.7 Å². The molecule has 3 rings (SSSR count). The number of hydrogen-bond acceptors (Lipinski definition) is 4. The Morgan fingerprint density at radius 3 is 2.53 bits per heavy atom. The van der Waals surface area contributed by atoms with E-state index in [9.17, 15) is 0 Å². The largest absolute Gasteiger partial charge is 0.445 e. The van der Waals surface area contributed by atoms with Crippen molar-refractivity contribution in [2.75, 3.05) is 13.1 Å². The highest BCUT2D eigenvalue weighted by atomic mass is 16.5. The quantitative estimate of drug-likeness (QED) is 0.838. The van der Waals surface area contributed by atoms with E-state index in [0.29, 0.717) is 12.2 Å². The van der Waals surface area contributed by atoms with Crippen molar-refractivity contribution in [1.29, 1.82) is 0 Å². The van der Waals surface area contributed by atoms with Gasteiger partial charge in [-0.1, -0.05) is 12.8 Å². The van der Waals surface area contributed by atoms with Crippen LogP contribution in [0.5, 0.6) is 0 Å². The number of aromatic nitrogens is 1. The van der Waals surface area contributed by atoms with E-state index < -0.39 is 0 Å². The van der Waals surface area contributed by atoms with Crippen LogP contribution in [-0.4, -0.2) is 35.2 Å². The minimum Gasteiger partial charge on any atom is -0.445 e. The highest BCUT2D eigenvalue weighted by molar-refractivity contribution is 4.93. The number of hydrogen-bond donors (Lipinski definition) is 0. The molecular weight excluding hydrogens is 240 g/mol. The topological polar surface area (TPSA) is 38.5 Å². The van der Waals surface area contributed by atoms with Gasteiger partial charge in [0, 0.05) is 20.0 Å². The Morgan fingerprint density at radius 1 is 1.21 bits per heavy atom. The molecular formula is C15H24N2O2. The maximum atomic E-state index is 6.19. The Morgan fingerprint density at radius 2 is 1.89 bits per heavy atom. The van der Waals surface area contributed by atoms with E-state index in [1.807, 2.05) is 13.1 Å². The first-order valence-electron chi connectivity index (χ1n) is 7.59. The third-order valence-electron chi connectivity index (χ3n) is 4.27. The lowest BCUT2D eigenvalue weighted by molar-refractivity contribution is -0.0406. The molecule has 1 aromatic heterocycles. The molecule has 0 radical (unpaired) electrons. The Bertz CT molecular complexity index is 391. The third kappa shape index (κ3) is 3.57. The summed E-state index contributed by atoms with van der Waals surface area (Å²) in [5.74, 6) is 1.74. The Hall–Kier alpha value is -0.870. The van der Waals surface area contributed by atoms with E-state index in [-0.39, 0.29) is 0 Å². The summed E-state index contributed by atoms with van der Waals surface area (Å²) < 4.78 is 11.7. The lowest BCUT2D eigenvalue weighted by atomic mass is 10.1. The number of oxazole rings is 1.